The maximum Gasteiger partial charge on any atom is 0.297 e. The van der Waals surface area contributed by atoms with Gasteiger partial charge in [-0.15, -0.1) is 15.3 Å². The van der Waals surface area contributed by atoms with Crippen LogP contribution in [0.5, 0.6) is 0 Å². The lowest BCUT2D eigenvalue weighted by molar-refractivity contribution is 0.481. The molecule has 0 aromatic heterocycles. The summed E-state index contributed by atoms with van der Waals surface area (Å²) in [6, 6.07) is 21.7. The van der Waals surface area contributed by atoms with Gasteiger partial charge >= 0.3 is 0 Å². The molecule has 5 rings (SSSR count). The van der Waals surface area contributed by atoms with Crippen LogP contribution in [0.3, 0.4) is 0 Å². The summed E-state index contributed by atoms with van der Waals surface area (Å²) in [6.45, 7) is 1.82. The van der Waals surface area contributed by atoms with E-state index in [2.05, 4.69) is 20.5 Å². The molecular weight excluding hydrogens is 554 g/mol. The Hall–Kier alpha value is -4.56. The van der Waals surface area contributed by atoms with E-state index in [9.17, 15) is 25.9 Å². The van der Waals surface area contributed by atoms with Gasteiger partial charge in [0, 0.05) is 21.8 Å². The van der Waals surface area contributed by atoms with Gasteiger partial charge in [-0.25, -0.2) is 0 Å². The number of hydrogen-bond donors (Lipinski definition) is 3. The Balaban J connectivity index is 1.66. The lowest BCUT2D eigenvalue weighted by atomic mass is 10.1. The third-order valence-corrected chi connectivity index (χ3v) is 7.90. The average Bonchev–Trinajstić information content (AvgIpc) is 2.90. The molecule has 0 aliphatic heterocycles. The van der Waals surface area contributed by atoms with Crippen molar-refractivity contribution in [3.05, 3.63) is 90.5 Å². The Labute approximate surface area is 229 Å². The Morgan fingerprint density at radius 2 is 1.20 bits per heavy atom. The Bertz CT molecular complexity index is 2090. The summed E-state index contributed by atoms with van der Waals surface area (Å²) in [5.41, 5.74) is 8.12. The van der Waals surface area contributed by atoms with E-state index in [1.165, 1.54) is 30.3 Å². The number of fused-ring (bicyclic) bond motifs is 2. The molecule has 0 aliphatic carbocycles. The normalized spacial score (nSPS) is 12.7. The number of azo groups is 2. The summed E-state index contributed by atoms with van der Waals surface area (Å²) in [4.78, 5) is -0.756. The highest BCUT2D eigenvalue weighted by Crippen LogP contribution is 2.38. The topological polar surface area (TPSA) is 184 Å². The molecule has 13 heteroatoms. The van der Waals surface area contributed by atoms with E-state index < -0.39 is 25.1 Å². The molecule has 0 aliphatic rings. The second-order valence-electron chi connectivity index (χ2n) is 8.84. The first kappa shape index (κ1) is 27.0. The van der Waals surface area contributed by atoms with Crippen LogP contribution >= 0.6 is 0 Å². The lowest BCUT2D eigenvalue weighted by Crippen LogP contribution is -1.99. The lowest BCUT2D eigenvalue weighted by Gasteiger charge is -2.08. The summed E-state index contributed by atoms with van der Waals surface area (Å²) in [6.07, 6.45) is 0. The van der Waals surface area contributed by atoms with Crippen molar-refractivity contribution in [1.29, 1.82) is 0 Å². The summed E-state index contributed by atoms with van der Waals surface area (Å²) in [7, 11) is -9.19. The van der Waals surface area contributed by atoms with Gasteiger partial charge in [-0.3, -0.25) is 9.11 Å². The highest BCUT2D eigenvalue weighted by Gasteiger charge is 2.20. The van der Waals surface area contributed by atoms with Crippen molar-refractivity contribution >= 4 is 70.2 Å². The molecule has 0 radical (unpaired) electrons. The van der Waals surface area contributed by atoms with Crippen LogP contribution in [0.2, 0.25) is 0 Å². The van der Waals surface area contributed by atoms with Gasteiger partial charge in [0.25, 0.3) is 20.2 Å². The molecule has 11 nitrogen and oxygen atoms in total. The van der Waals surface area contributed by atoms with Gasteiger partial charge in [-0.1, -0.05) is 36.4 Å². The Morgan fingerprint density at radius 1 is 0.600 bits per heavy atom. The molecule has 0 spiro atoms. The number of hydrogen-bond acceptors (Lipinski definition) is 9. The number of anilines is 1. The molecule has 0 heterocycles. The highest BCUT2D eigenvalue weighted by molar-refractivity contribution is 7.86. The molecule has 5 aromatic rings. The predicted molar refractivity (Wildman–Crippen MR) is 151 cm³/mol. The van der Waals surface area contributed by atoms with Crippen molar-refractivity contribution in [2.24, 2.45) is 20.5 Å². The van der Waals surface area contributed by atoms with Gasteiger partial charge < -0.3 is 5.73 Å². The Morgan fingerprint density at radius 3 is 1.88 bits per heavy atom. The van der Waals surface area contributed by atoms with E-state index in [1.54, 1.807) is 54.6 Å². The number of rotatable bonds is 6. The van der Waals surface area contributed by atoms with Gasteiger partial charge in [-0.05, 0) is 66.4 Å². The summed E-state index contributed by atoms with van der Waals surface area (Å²) >= 11 is 0. The van der Waals surface area contributed by atoms with Gasteiger partial charge in [0.15, 0.2) is 0 Å². The van der Waals surface area contributed by atoms with E-state index in [4.69, 9.17) is 5.73 Å². The minimum absolute atomic E-state index is 0.0912. The second-order valence-corrected chi connectivity index (χ2v) is 11.6. The van der Waals surface area contributed by atoms with E-state index in [-0.39, 0.29) is 32.7 Å². The van der Waals surface area contributed by atoms with E-state index in [1.807, 2.05) is 6.92 Å². The largest absolute Gasteiger partial charge is 0.399 e. The number of nitrogens with two attached hydrogens (primary N) is 1. The van der Waals surface area contributed by atoms with Crippen molar-refractivity contribution in [3.8, 4) is 0 Å². The summed E-state index contributed by atoms with van der Waals surface area (Å²) in [5, 5.41) is 18.4. The van der Waals surface area contributed by atoms with Crippen molar-refractivity contribution in [2.75, 3.05) is 5.73 Å². The third kappa shape index (κ3) is 5.44. The van der Waals surface area contributed by atoms with Gasteiger partial charge in [0.05, 0.1) is 22.0 Å². The third-order valence-electron chi connectivity index (χ3n) is 6.11. The standard InChI is InChI=1S/C27H21N5O6S2/c1-16-14-18(28)7-11-23(16)29-31-25-13-12-24(21-9-8-19(15-22(21)25)39(33,34)35)30-32-26-10-6-17-4-2-3-5-20(17)27(26)40(36,37)38/h2-15H,28H2,1H3,(H,33,34,35)(H,36,37,38). The molecule has 4 N–H and O–H groups in total. The van der Waals surface area contributed by atoms with E-state index in [0.717, 1.165) is 5.56 Å². The predicted octanol–water partition coefficient (Wildman–Crippen LogP) is 7.21. The summed E-state index contributed by atoms with van der Waals surface area (Å²) < 4.78 is 67.7. The van der Waals surface area contributed by atoms with Gasteiger partial charge in [0.1, 0.15) is 10.6 Å². The monoisotopic (exact) mass is 575 g/mol. The van der Waals surface area contributed by atoms with Crippen LogP contribution in [0.4, 0.5) is 28.4 Å². The van der Waals surface area contributed by atoms with Crippen LogP contribution in [0, 0.1) is 6.92 Å². The quantitative estimate of drug-likeness (QED) is 0.108. The zero-order valence-electron chi connectivity index (χ0n) is 20.8. The van der Waals surface area contributed by atoms with Crippen molar-refractivity contribution in [3.63, 3.8) is 0 Å². The van der Waals surface area contributed by atoms with Gasteiger partial charge in [0.2, 0.25) is 0 Å². The molecule has 5 aromatic carbocycles. The fourth-order valence-corrected chi connectivity index (χ4v) is 5.56. The maximum atomic E-state index is 12.2. The SMILES string of the molecule is Cc1cc(N)ccc1N=Nc1ccc(N=Nc2ccc3ccccc3c2S(=O)(=O)O)c2ccc(S(=O)(=O)O)cc12. The first-order chi connectivity index (χ1) is 18.9. The number of aryl methyl sites for hydroxylation is 1. The molecule has 0 bridgehead atoms. The van der Waals surface area contributed by atoms with Crippen LogP contribution < -0.4 is 5.73 Å². The molecule has 40 heavy (non-hydrogen) atoms. The molecule has 0 amide bonds. The first-order valence-corrected chi connectivity index (χ1v) is 14.5. The van der Waals surface area contributed by atoms with Crippen LogP contribution in [-0.2, 0) is 20.2 Å². The number of benzene rings is 5. The molecule has 0 fully saturated rings. The maximum absolute atomic E-state index is 12.2. The smallest absolute Gasteiger partial charge is 0.297 e. The van der Waals surface area contributed by atoms with Crippen LogP contribution in [0.1, 0.15) is 5.56 Å². The van der Waals surface area contributed by atoms with Crippen molar-refractivity contribution < 1.29 is 25.9 Å². The van der Waals surface area contributed by atoms with Crippen LogP contribution in [0.15, 0.2) is 115 Å². The molecule has 0 saturated heterocycles. The summed E-state index contributed by atoms with van der Waals surface area (Å²) in [5.74, 6) is 0. The first-order valence-electron chi connectivity index (χ1n) is 11.6. The molecule has 202 valence electrons. The van der Waals surface area contributed by atoms with Crippen LogP contribution in [0.25, 0.3) is 21.5 Å². The number of nitrogen functional groups attached to an aromatic ring is 1. The van der Waals surface area contributed by atoms with E-state index >= 15 is 0 Å². The van der Waals surface area contributed by atoms with Gasteiger partial charge in [-0.2, -0.15) is 21.9 Å². The second kappa shape index (κ2) is 10.2. The fourth-order valence-electron chi connectivity index (χ4n) is 4.22. The van der Waals surface area contributed by atoms with Crippen LogP contribution in [-0.4, -0.2) is 25.9 Å². The zero-order chi connectivity index (χ0) is 28.7. The average molecular weight is 576 g/mol. The molecule has 0 unspecified atom stereocenters. The highest BCUT2D eigenvalue weighted by atomic mass is 32.2. The fraction of sp³-hybridized carbons (Fsp3) is 0.0370. The van der Waals surface area contributed by atoms with Crippen molar-refractivity contribution in [2.45, 2.75) is 16.7 Å². The minimum Gasteiger partial charge on any atom is -0.399 e. The van der Waals surface area contributed by atoms with Crippen molar-refractivity contribution in [1.82, 2.24) is 0 Å². The van der Waals surface area contributed by atoms with E-state index in [0.29, 0.717) is 22.1 Å². The number of nitrogens with zero attached hydrogens (tertiary/aromatic N) is 4. The molecular formula is C27H21N5O6S2. The minimum atomic E-state index is -4.66. The Kier molecular flexibility index (Phi) is 6.89. The molecule has 0 atom stereocenters. The molecule has 0 saturated carbocycles. The zero-order valence-corrected chi connectivity index (χ0v) is 22.4.